The molecule has 0 spiro atoms. The maximum absolute atomic E-state index is 14.0. The Hall–Kier alpha value is -1.49. The van der Waals surface area contributed by atoms with Gasteiger partial charge in [-0.1, -0.05) is 19.1 Å². The van der Waals surface area contributed by atoms with Crippen molar-refractivity contribution in [3.05, 3.63) is 39.7 Å². The summed E-state index contributed by atoms with van der Waals surface area (Å²) in [4.78, 5) is 12.3. The van der Waals surface area contributed by atoms with Crippen LogP contribution in [0.3, 0.4) is 0 Å². The normalized spacial score (nSPS) is 24.4. The summed E-state index contributed by atoms with van der Waals surface area (Å²) in [6.07, 6.45) is 2.28. The summed E-state index contributed by atoms with van der Waals surface area (Å²) in [7, 11) is 0. The molecule has 5 heteroatoms. The summed E-state index contributed by atoms with van der Waals surface area (Å²) in [5.74, 6) is -0.101. The molecule has 104 valence electrons. The lowest BCUT2D eigenvalue weighted by atomic mass is 9.94. The Labute approximate surface area is 112 Å². The third kappa shape index (κ3) is 3.10. The van der Waals surface area contributed by atoms with Crippen molar-refractivity contribution < 1.29 is 9.31 Å². The van der Waals surface area contributed by atoms with E-state index in [1.807, 2.05) is 0 Å². The summed E-state index contributed by atoms with van der Waals surface area (Å²) in [5, 5.41) is 10.7. The number of nitrogens with zero attached hydrogens (tertiary/aromatic N) is 2. The third-order valence-electron chi connectivity index (χ3n) is 3.88. The lowest BCUT2D eigenvalue weighted by Crippen LogP contribution is -2.40. The van der Waals surface area contributed by atoms with Gasteiger partial charge in [-0.2, -0.15) is 4.39 Å². The zero-order valence-corrected chi connectivity index (χ0v) is 11.3. The van der Waals surface area contributed by atoms with E-state index in [1.54, 1.807) is 12.1 Å². The minimum Gasteiger partial charge on any atom is -0.296 e. The maximum Gasteiger partial charge on any atom is 0.305 e. The Morgan fingerprint density at radius 2 is 2.16 bits per heavy atom. The standard InChI is InChI=1S/C14H19FN2O2/c1-10-6-7-11(2)16(8-10)9-12-4-3-5-13(14(12)15)17(18)19/h3-5,10-11H,6-9H2,1-2H3. The molecule has 1 aliphatic rings. The van der Waals surface area contributed by atoms with E-state index in [2.05, 4.69) is 18.7 Å². The van der Waals surface area contributed by atoms with Gasteiger partial charge < -0.3 is 0 Å². The second-order valence-corrected chi connectivity index (χ2v) is 5.47. The molecule has 4 nitrogen and oxygen atoms in total. The Morgan fingerprint density at radius 1 is 1.42 bits per heavy atom. The molecule has 1 aromatic rings. The van der Waals surface area contributed by atoms with Gasteiger partial charge in [-0.05, 0) is 25.7 Å². The lowest BCUT2D eigenvalue weighted by Gasteiger charge is -2.36. The number of likely N-dealkylation sites (tertiary alicyclic amines) is 1. The number of rotatable bonds is 3. The fourth-order valence-electron chi connectivity index (χ4n) is 2.65. The van der Waals surface area contributed by atoms with Crippen molar-refractivity contribution in [3.63, 3.8) is 0 Å². The zero-order valence-electron chi connectivity index (χ0n) is 11.3. The van der Waals surface area contributed by atoms with E-state index < -0.39 is 16.4 Å². The second kappa shape index (κ2) is 5.65. The molecule has 1 aromatic carbocycles. The number of hydrogen-bond acceptors (Lipinski definition) is 3. The number of nitro benzene ring substituents is 1. The highest BCUT2D eigenvalue weighted by atomic mass is 19.1. The van der Waals surface area contributed by atoms with Crippen LogP contribution in [-0.2, 0) is 6.54 Å². The molecule has 1 fully saturated rings. The van der Waals surface area contributed by atoms with E-state index >= 15 is 0 Å². The van der Waals surface area contributed by atoms with Crippen molar-refractivity contribution in [2.75, 3.05) is 6.54 Å². The highest BCUT2D eigenvalue weighted by Gasteiger charge is 2.25. The van der Waals surface area contributed by atoms with E-state index in [0.717, 1.165) is 13.0 Å². The molecule has 1 saturated heterocycles. The van der Waals surface area contributed by atoms with Gasteiger partial charge in [0.2, 0.25) is 5.82 Å². The molecule has 0 aliphatic carbocycles. The van der Waals surface area contributed by atoms with Gasteiger partial charge >= 0.3 is 5.69 Å². The molecule has 0 N–H and O–H groups in total. The molecule has 0 radical (unpaired) electrons. The summed E-state index contributed by atoms with van der Waals surface area (Å²) in [6, 6.07) is 4.79. The van der Waals surface area contributed by atoms with Gasteiger partial charge in [0.1, 0.15) is 0 Å². The molecule has 2 rings (SSSR count). The van der Waals surface area contributed by atoms with Crippen LogP contribution in [0, 0.1) is 21.8 Å². The van der Waals surface area contributed by atoms with Crippen LogP contribution >= 0.6 is 0 Å². The van der Waals surface area contributed by atoms with E-state index in [0.29, 0.717) is 24.1 Å². The molecule has 2 atom stereocenters. The van der Waals surface area contributed by atoms with Crippen molar-refractivity contribution in [1.29, 1.82) is 0 Å². The van der Waals surface area contributed by atoms with E-state index in [1.165, 1.54) is 12.5 Å². The Kier molecular flexibility index (Phi) is 4.14. The monoisotopic (exact) mass is 266 g/mol. The first-order chi connectivity index (χ1) is 8.99. The molecule has 1 aliphatic heterocycles. The number of nitro groups is 1. The average molecular weight is 266 g/mol. The second-order valence-electron chi connectivity index (χ2n) is 5.47. The van der Waals surface area contributed by atoms with Crippen molar-refractivity contribution in [1.82, 2.24) is 4.90 Å². The molecular formula is C14H19FN2O2. The average Bonchev–Trinajstić information content (AvgIpc) is 2.36. The summed E-state index contributed by atoms with van der Waals surface area (Å²) in [5.41, 5.74) is -0.0228. The Bertz CT molecular complexity index is 479. The first-order valence-corrected chi connectivity index (χ1v) is 6.65. The van der Waals surface area contributed by atoms with Crippen LogP contribution in [0.5, 0.6) is 0 Å². The van der Waals surface area contributed by atoms with Crippen molar-refractivity contribution in [2.45, 2.75) is 39.3 Å². The summed E-state index contributed by atoms with van der Waals surface area (Å²) in [6.45, 7) is 5.67. The first kappa shape index (κ1) is 13.9. The van der Waals surface area contributed by atoms with Crippen LogP contribution in [0.15, 0.2) is 18.2 Å². The highest BCUT2D eigenvalue weighted by Crippen LogP contribution is 2.26. The molecule has 1 heterocycles. The van der Waals surface area contributed by atoms with Gasteiger partial charge in [0.25, 0.3) is 0 Å². The van der Waals surface area contributed by atoms with Gasteiger partial charge in [-0.15, -0.1) is 0 Å². The van der Waals surface area contributed by atoms with Crippen LogP contribution in [-0.4, -0.2) is 22.4 Å². The fraction of sp³-hybridized carbons (Fsp3) is 0.571. The number of hydrogen-bond donors (Lipinski definition) is 0. The minimum atomic E-state index is -0.696. The highest BCUT2D eigenvalue weighted by molar-refractivity contribution is 5.36. The lowest BCUT2D eigenvalue weighted by molar-refractivity contribution is -0.387. The number of piperidine rings is 1. The van der Waals surface area contributed by atoms with Gasteiger partial charge in [-0.25, -0.2) is 0 Å². The van der Waals surface area contributed by atoms with E-state index in [-0.39, 0.29) is 0 Å². The molecule has 0 aromatic heterocycles. The fourth-order valence-corrected chi connectivity index (χ4v) is 2.65. The largest absolute Gasteiger partial charge is 0.305 e. The summed E-state index contributed by atoms with van der Waals surface area (Å²) >= 11 is 0. The van der Waals surface area contributed by atoms with Crippen molar-refractivity contribution in [3.8, 4) is 0 Å². The van der Waals surface area contributed by atoms with Gasteiger partial charge in [0.05, 0.1) is 4.92 Å². The Balaban J connectivity index is 2.19. The minimum absolute atomic E-state index is 0.398. The van der Waals surface area contributed by atoms with Crippen LogP contribution in [0.1, 0.15) is 32.3 Å². The van der Waals surface area contributed by atoms with Crippen LogP contribution in [0.25, 0.3) is 0 Å². The van der Waals surface area contributed by atoms with Gasteiger partial charge in [0, 0.05) is 30.8 Å². The maximum atomic E-state index is 14.0. The predicted molar refractivity (Wildman–Crippen MR) is 71.3 cm³/mol. The molecular weight excluding hydrogens is 247 g/mol. The number of benzene rings is 1. The van der Waals surface area contributed by atoms with Gasteiger partial charge in [0.15, 0.2) is 0 Å². The van der Waals surface area contributed by atoms with Crippen LogP contribution in [0.2, 0.25) is 0 Å². The molecule has 0 saturated carbocycles. The van der Waals surface area contributed by atoms with Crippen LogP contribution < -0.4 is 0 Å². The zero-order chi connectivity index (χ0) is 14.0. The molecule has 0 bridgehead atoms. The third-order valence-corrected chi connectivity index (χ3v) is 3.88. The number of halogens is 1. The van der Waals surface area contributed by atoms with Crippen molar-refractivity contribution in [2.24, 2.45) is 5.92 Å². The first-order valence-electron chi connectivity index (χ1n) is 6.65. The topological polar surface area (TPSA) is 46.4 Å². The Morgan fingerprint density at radius 3 is 2.84 bits per heavy atom. The van der Waals surface area contributed by atoms with Gasteiger partial charge in [-0.3, -0.25) is 15.0 Å². The molecule has 2 unspecified atom stereocenters. The quantitative estimate of drug-likeness (QED) is 0.622. The smallest absolute Gasteiger partial charge is 0.296 e. The predicted octanol–water partition coefficient (Wildman–Crippen LogP) is 3.35. The van der Waals surface area contributed by atoms with E-state index in [4.69, 9.17) is 0 Å². The van der Waals surface area contributed by atoms with E-state index in [9.17, 15) is 14.5 Å². The molecule has 0 amide bonds. The van der Waals surface area contributed by atoms with Crippen LogP contribution in [0.4, 0.5) is 10.1 Å². The van der Waals surface area contributed by atoms with Crippen molar-refractivity contribution >= 4 is 5.69 Å². The SMILES string of the molecule is CC1CCC(C)N(Cc2cccc([N+](=O)[O-])c2F)C1. The molecule has 19 heavy (non-hydrogen) atoms. The summed E-state index contributed by atoms with van der Waals surface area (Å²) < 4.78 is 14.0.